The molecular weight excluding hydrogens is 400 g/mol. The van der Waals surface area contributed by atoms with Crippen molar-refractivity contribution in [1.29, 1.82) is 0 Å². The van der Waals surface area contributed by atoms with Gasteiger partial charge in [-0.15, -0.1) is 0 Å². The number of amides is 2. The van der Waals surface area contributed by atoms with E-state index in [9.17, 15) is 14.4 Å². The van der Waals surface area contributed by atoms with Crippen LogP contribution >= 0.6 is 11.8 Å². The largest absolute Gasteiger partial charge is 0.454 e. The topological polar surface area (TPSA) is 75.7 Å². The monoisotopic (exact) mass is 424 g/mol. The van der Waals surface area contributed by atoms with Crippen molar-refractivity contribution in [1.82, 2.24) is 5.32 Å². The summed E-state index contributed by atoms with van der Waals surface area (Å²) < 4.78 is 5.17. The van der Waals surface area contributed by atoms with Crippen LogP contribution in [0.25, 0.3) is 0 Å². The van der Waals surface area contributed by atoms with E-state index in [1.54, 1.807) is 16.7 Å². The Hall–Kier alpha value is -2.80. The van der Waals surface area contributed by atoms with Crippen molar-refractivity contribution in [3.8, 4) is 0 Å². The fourth-order valence-corrected chi connectivity index (χ4v) is 4.96. The molecule has 0 bridgehead atoms. The summed E-state index contributed by atoms with van der Waals surface area (Å²) in [5, 5.41) is 2.64. The van der Waals surface area contributed by atoms with E-state index in [2.05, 4.69) is 5.32 Å². The van der Waals surface area contributed by atoms with Crippen molar-refractivity contribution in [3.63, 3.8) is 0 Å². The predicted octanol–water partition coefficient (Wildman–Crippen LogP) is 4.06. The molecule has 0 unspecified atom stereocenters. The van der Waals surface area contributed by atoms with Gasteiger partial charge in [-0.25, -0.2) is 0 Å². The van der Waals surface area contributed by atoms with Gasteiger partial charge >= 0.3 is 5.97 Å². The zero-order valence-corrected chi connectivity index (χ0v) is 17.5. The minimum absolute atomic E-state index is 0.0213. The molecule has 2 aliphatic rings. The number of ether oxygens (including phenoxy) is 1. The number of carbonyl (C=O) groups is 3. The van der Waals surface area contributed by atoms with Gasteiger partial charge in [-0.3, -0.25) is 19.3 Å². The molecule has 0 radical (unpaired) electrons. The number of nitrogens with one attached hydrogen (secondary N) is 1. The normalized spacial score (nSPS) is 15.7. The van der Waals surface area contributed by atoms with Gasteiger partial charge in [-0.1, -0.05) is 55.3 Å². The summed E-state index contributed by atoms with van der Waals surface area (Å²) in [6.07, 6.45) is 4.99. The highest BCUT2D eigenvalue weighted by molar-refractivity contribution is 7.99. The summed E-state index contributed by atoms with van der Waals surface area (Å²) in [6.45, 7) is -0.600. The van der Waals surface area contributed by atoms with E-state index < -0.39 is 5.97 Å². The summed E-state index contributed by atoms with van der Waals surface area (Å²) in [5.74, 6) is -1.07. The lowest BCUT2D eigenvalue weighted by atomic mass is 9.89. The molecule has 0 saturated heterocycles. The summed E-state index contributed by atoms with van der Waals surface area (Å²) >= 11 is 1.60. The van der Waals surface area contributed by atoms with Crippen molar-refractivity contribution >= 4 is 40.9 Å². The van der Waals surface area contributed by atoms with E-state index in [0.29, 0.717) is 0 Å². The number of benzene rings is 2. The quantitative estimate of drug-likeness (QED) is 0.733. The molecule has 1 heterocycles. The van der Waals surface area contributed by atoms with Gasteiger partial charge in [0.05, 0.1) is 11.4 Å². The molecule has 2 aromatic rings. The summed E-state index contributed by atoms with van der Waals surface area (Å²) in [6, 6.07) is 15.3. The van der Waals surface area contributed by atoms with Gasteiger partial charge in [-0.2, -0.15) is 0 Å². The number of rotatable bonds is 5. The molecule has 1 saturated carbocycles. The first kappa shape index (κ1) is 20.5. The number of nitrogens with zero attached hydrogens (tertiary/aromatic N) is 1. The first-order chi connectivity index (χ1) is 14.6. The second-order valence-corrected chi connectivity index (χ2v) is 8.56. The number of hydrogen-bond acceptors (Lipinski definition) is 5. The second kappa shape index (κ2) is 9.34. The van der Waals surface area contributed by atoms with Gasteiger partial charge in [0.15, 0.2) is 6.61 Å². The Bertz CT molecular complexity index is 910. The third-order valence-corrected chi connectivity index (χ3v) is 6.55. The molecule has 1 aliphatic carbocycles. The predicted molar refractivity (Wildman–Crippen MR) is 115 cm³/mol. The zero-order chi connectivity index (χ0) is 20.9. The molecule has 2 amide bonds. The van der Waals surface area contributed by atoms with Crippen LogP contribution in [0.1, 0.15) is 32.1 Å². The van der Waals surface area contributed by atoms with Crippen molar-refractivity contribution in [2.45, 2.75) is 41.9 Å². The van der Waals surface area contributed by atoms with E-state index >= 15 is 0 Å². The van der Waals surface area contributed by atoms with Gasteiger partial charge < -0.3 is 10.1 Å². The van der Waals surface area contributed by atoms with Crippen LogP contribution in [0, 0.1) is 5.92 Å². The van der Waals surface area contributed by atoms with Crippen LogP contribution in [-0.4, -0.2) is 30.9 Å². The van der Waals surface area contributed by atoms with E-state index in [4.69, 9.17) is 4.74 Å². The van der Waals surface area contributed by atoms with E-state index in [1.807, 2.05) is 48.5 Å². The van der Waals surface area contributed by atoms with Crippen molar-refractivity contribution in [2.24, 2.45) is 5.92 Å². The fourth-order valence-electron chi connectivity index (χ4n) is 3.90. The highest BCUT2D eigenvalue weighted by Crippen LogP contribution is 2.47. The zero-order valence-electron chi connectivity index (χ0n) is 16.6. The highest BCUT2D eigenvalue weighted by atomic mass is 32.2. The van der Waals surface area contributed by atoms with Crippen LogP contribution in [-0.2, 0) is 19.1 Å². The number of esters is 1. The summed E-state index contributed by atoms with van der Waals surface area (Å²) in [5.41, 5.74) is 1.54. The minimum atomic E-state index is -0.611. The van der Waals surface area contributed by atoms with E-state index in [-0.39, 0.29) is 30.9 Å². The van der Waals surface area contributed by atoms with Crippen LogP contribution in [0.3, 0.4) is 0 Å². The number of para-hydroxylation sites is 2. The van der Waals surface area contributed by atoms with Crippen molar-refractivity contribution < 1.29 is 19.1 Å². The van der Waals surface area contributed by atoms with E-state index in [0.717, 1.165) is 53.3 Å². The van der Waals surface area contributed by atoms with Crippen molar-refractivity contribution in [3.05, 3.63) is 48.5 Å². The smallest absolute Gasteiger partial charge is 0.325 e. The molecule has 6 nitrogen and oxygen atoms in total. The number of hydrogen-bond donors (Lipinski definition) is 1. The molecule has 1 aliphatic heterocycles. The highest BCUT2D eigenvalue weighted by Gasteiger charge is 2.28. The fraction of sp³-hybridized carbons (Fsp3) is 0.348. The van der Waals surface area contributed by atoms with E-state index in [1.165, 1.54) is 0 Å². The number of fused-ring (bicyclic) bond motifs is 2. The summed E-state index contributed by atoms with van der Waals surface area (Å²) in [4.78, 5) is 40.8. The Kier molecular flexibility index (Phi) is 6.38. The molecule has 1 N–H and O–H groups in total. The van der Waals surface area contributed by atoms with Crippen LogP contribution in [0.2, 0.25) is 0 Å². The van der Waals surface area contributed by atoms with Gasteiger partial charge in [0.25, 0.3) is 5.91 Å². The Morgan fingerprint density at radius 3 is 2.17 bits per heavy atom. The first-order valence-corrected chi connectivity index (χ1v) is 11.1. The van der Waals surface area contributed by atoms with Gasteiger partial charge in [-0.05, 0) is 37.1 Å². The van der Waals surface area contributed by atoms with Gasteiger partial charge in [0, 0.05) is 15.7 Å². The maximum atomic E-state index is 13.0. The lowest BCUT2D eigenvalue weighted by Crippen LogP contribution is -2.38. The van der Waals surface area contributed by atoms with Crippen LogP contribution in [0.4, 0.5) is 11.4 Å². The molecule has 156 valence electrons. The molecule has 0 spiro atoms. The SMILES string of the molecule is O=C(CNC(=O)C1CCCCC1)OCC(=O)N1c2ccccc2Sc2ccccc21. The molecule has 30 heavy (non-hydrogen) atoms. The second-order valence-electron chi connectivity index (χ2n) is 7.48. The van der Waals surface area contributed by atoms with Crippen LogP contribution in [0.5, 0.6) is 0 Å². The average Bonchev–Trinajstić information content (AvgIpc) is 2.79. The van der Waals surface area contributed by atoms with Crippen LogP contribution in [0.15, 0.2) is 58.3 Å². The molecule has 7 heteroatoms. The lowest BCUT2D eigenvalue weighted by molar-refractivity contribution is -0.147. The molecule has 2 aromatic carbocycles. The molecule has 0 atom stereocenters. The van der Waals surface area contributed by atoms with Crippen molar-refractivity contribution in [2.75, 3.05) is 18.1 Å². The molecule has 4 rings (SSSR count). The Labute approximate surface area is 180 Å². The van der Waals surface area contributed by atoms with Crippen LogP contribution < -0.4 is 10.2 Å². The minimum Gasteiger partial charge on any atom is -0.454 e. The summed E-state index contributed by atoms with van der Waals surface area (Å²) in [7, 11) is 0. The Morgan fingerprint density at radius 2 is 1.53 bits per heavy atom. The maximum Gasteiger partial charge on any atom is 0.325 e. The molecular formula is C23H24N2O4S. The Morgan fingerprint density at radius 1 is 0.933 bits per heavy atom. The average molecular weight is 425 g/mol. The third-order valence-electron chi connectivity index (χ3n) is 5.42. The van der Waals surface area contributed by atoms with Gasteiger partial charge in [0.2, 0.25) is 5.91 Å². The standard InChI is InChI=1S/C23H24N2O4S/c26-21(15-29-22(27)14-24-23(28)16-8-2-1-3-9-16)25-17-10-4-6-12-19(17)30-20-13-7-5-11-18(20)25/h4-7,10-13,16H,1-3,8-9,14-15H2,(H,24,28). The van der Waals surface area contributed by atoms with Gasteiger partial charge in [0.1, 0.15) is 6.54 Å². The first-order valence-electron chi connectivity index (χ1n) is 10.3. The number of carbonyl (C=O) groups excluding carboxylic acids is 3. The number of anilines is 2. The lowest BCUT2D eigenvalue weighted by Gasteiger charge is -2.30. The third kappa shape index (κ3) is 4.51. The maximum absolute atomic E-state index is 13.0. The Balaban J connectivity index is 1.36. The molecule has 0 aromatic heterocycles. The molecule has 1 fully saturated rings.